The predicted molar refractivity (Wildman–Crippen MR) is 113 cm³/mol. The van der Waals surface area contributed by atoms with Gasteiger partial charge in [0.2, 0.25) is 15.9 Å². The Morgan fingerprint density at radius 1 is 0.933 bits per heavy atom. The van der Waals surface area contributed by atoms with Crippen LogP contribution >= 0.6 is 0 Å². The standard InChI is InChI=1S/C22H30N4O3S/c23-17-19-5-1-2-6-21(19)30(28,29)26-15-7-18(8-16-26)22(27)25-13-9-20(10-14-25)24-11-3-4-12-24/h1-2,5-6,18,20H,3-4,7-16H2. The van der Waals surface area contributed by atoms with Crippen molar-refractivity contribution in [3.05, 3.63) is 29.8 Å². The first-order valence-electron chi connectivity index (χ1n) is 11.0. The Bertz CT molecular complexity index is 905. The summed E-state index contributed by atoms with van der Waals surface area (Å²) >= 11 is 0. The molecular formula is C22H30N4O3S. The van der Waals surface area contributed by atoms with E-state index in [2.05, 4.69) is 4.90 Å². The number of likely N-dealkylation sites (tertiary alicyclic amines) is 2. The zero-order valence-electron chi connectivity index (χ0n) is 17.4. The van der Waals surface area contributed by atoms with Gasteiger partial charge in [-0.25, -0.2) is 8.42 Å². The van der Waals surface area contributed by atoms with Crippen molar-refractivity contribution in [1.82, 2.24) is 14.1 Å². The van der Waals surface area contributed by atoms with Gasteiger partial charge in [-0.1, -0.05) is 12.1 Å². The van der Waals surface area contributed by atoms with Crippen LogP contribution in [0.3, 0.4) is 0 Å². The van der Waals surface area contributed by atoms with Gasteiger partial charge >= 0.3 is 0 Å². The van der Waals surface area contributed by atoms with E-state index in [0.717, 1.165) is 25.9 Å². The third-order valence-electron chi connectivity index (χ3n) is 6.86. The van der Waals surface area contributed by atoms with Crippen LogP contribution in [-0.2, 0) is 14.8 Å². The first kappa shape index (κ1) is 21.3. The molecule has 0 saturated carbocycles. The largest absolute Gasteiger partial charge is 0.342 e. The van der Waals surface area contributed by atoms with Crippen LogP contribution in [-0.4, -0.2) is 73.7 Å². The summed E-state index contributed by atoms with van der Waals surface area (Å²) in [6, 6.07) is 8.88. The van der Waals surface area contributed by atoms with Gasteiger partial charge in [0, 0.05) is 38.1 Å². The molecule has 0 bridgehead atoms. The van der Waals surface area contributed by atoms with E-state index in [1.807, 2.05) is 11.0 Å². The molecule has 3 fully saturated rings. The van der Waals surface area contributed by atoms with Crippen molar-refractivity contribution in [1.29, 1.82) is 5.26 Å². The fourth-order valence-corrected chi connectivity index (χ4v) is 6.69. The first-order valence-corrected chi connectivity index (χ1v) is 12.5. The van der Waals surface area contributed by atoms with Crippen molar-refractivity contribution >= 4 is 15.9 Å². The molecule has 8 heteroatoms. The molecular weight excluding hydrogens is 400 g/mol. The SMILES string of the molecule is N#Cc1ccccc1S(=O)(=O)N1CCC(C(=O)N2CCC(N3CCCC3)CC2)CC1. The third kappa shape index (κ3) is 4.25. The highest BCUT2D eigenvalue weighted by Crippen LogP contribution is 2.28. The molecule has 4 rings (SSSR count). The van der Waals surface area contributed by atoms with Gasteiger partial charge in [0.15, 0.2) is 0 Å². The lowest BCUT2D eigenvalue weighted by Crippen LogP contribution is -2.49. The topological polar surface area (TPSA) is 84.7 Å². The van der Waals surface area contributed by atoms with E-state index < -0.39 is 10.0 Å². The number of amides is 1. The summed E-state index contributed by atoms with van der Waals surface area (Å²) in [7, 11) is -3.72. The lowest BCUT2D eigenvalue weighted by atomic mass is 9.94. The Morgan fingerprint density at radius 2 is 1.57 bits per heavy atom. The molecule has 0 radical (unpaired) electrons. The Morgan fingerprint density at radius 3 is 2.20 bits per heavy atom. The Hall–Kier alpha value is -1.95. The minimum absolute atomic E-state index is 0.0567. The number of nitrogens with zero attached hydrogens (tertiary/aromatic N) is 4. The van der Waals surface area contributed by atoms with Gasteiger partial charge in [-0.05, 0) is 63.7 Å². The van der Waals surface area contributed by atoms with Gasteiger partial charge in [-0.2, -0.15) is 9.57 Å². The third-order valence-corrected chi connectivity index (χ3v) is 8.82. The number of nitriles is 1. The number of carbonyl (C=O) groups excluding carboxylic acids is 1. The number of rotatable bonds is 4. The molecule has 30 heavy (non-hydrogen) atoms. The van der Waals surface area contributed by atoms with Crippen molar-refractivity contribution in [2.24, 2.45) is 5.92 Å². The Kier molecular flexibility index (Phi) is 6.42. The first-order chi connectivity index (χ1) is 14.5. The van der Waals surface area contributed by atoms with Crippen LogP contribution in [0.15, 0.2) is 29.2 Å². The fourth-order valence-electron chi connectivity index (χ4n) is 5.08. The summed E-state index contributed by atoms with van der Waals surface area (Å²) in [5.74, 6) is 0.0790. The molecule has 3 saturated heterocycles. The van der Waals surface area contributed by atoms with Gasteiger partial charge in [-0.15, -0.1) is 0 Å². The summed E-state index contributed by atoms with van der Waals surface area (Å²) in [4.78, 5) is 17.6. The normalized spacial score (nSPS) is 22.8. The number of carbonyl (C=O) groups is 1. The number of hydrogen-bond acceptors (Lipinski definition) is 5. The maximum absolute atomic E-state index is 13.0. The maximum Gasteiger partial charge on any atom is 0.244 e. The Balaban J connectivity index is 1.32. The van der Waals surface area contributed by atoms with Crippen molar-refractivity contribution < 1.29 is 13.2 Å². The highest BCUT2D eigenvalue weighted by atomic mass is 32.2. The number of benzene rings is 1. The molecule has 3 aliphatic rings. The second-order valence-electron chi connectivity index (χ2n) is 8.59. The average molecular weight is 431 g/mol. The molecule has 3 aliphatic heterocycles. The highest BCUT2D eigenvalue weighted by Gasteiger charge is 2.36. The van der Waals surface area contributed by atoms with E-state index >= 15 is 0 Å². The monoisotopic (exact) mass is 430 g/mol. The van der Waals surface area contributed by atoms with E-state index in [1.165, 1.54) is 42.4 Å². The minimum atomic E-state index is -3.72. The average Bonchev–Trinajstić information content (AvgIpc) is 3.34. The lowest BCUT2D eigenvalue weighted by molar-refractivity contribution is -0.138. The molecule has 1 aromatic carbocycles. The zero-order chi connectivity index (χ0) is 21.1. The van der Waals surface area contributed by atoms with Crippen LogP contribution in [0.2, 0.25) is 0 Å². The van der Waals surface area contributed by atoms with Crippen LogP contribution in [0.1, 0.15) is 44.1 Å². The van der Waals surface area contributed by atoms with E-state index in [1.54, 1.807) is 12.1 Å². The molecule has 162 valence electrons. The predicted octanol–water partition coefficient (Wildman–Crippen LogP) is 2.05. The van der Waals surface area contributed by atoms with Crippen LogP contribution in [0.5, 0.6) is 0 Å². The maximum atomic E-state index is 13.0. The molecule has 7 nitrogen and oxygen atoms in total. The van der Waals surface area contributed by atoms with E-state index in [0.29, 0.717) is 32.0 Å². The van der Waals surface area contributed by atoms with Gasteiger partial charge < -0.3 is 9.80 Å². The second-order valence-corrected chi connectivity index (χ2v) is 10.5. The van der Waals surface area contributed by atoms with E-state index in [4.69, 9.17) is 0 Å². The number of hydrogen-bond donors (Lipinski definition) is 0. The molecule has 1 aromatic rings. The van der Waals surface area contributed by atoms with Gasteiger partial charge in [-0.3, -0.25) is 4.79 Å². The van der Waals surface area contributed by atoms with Crippen molar-refractivity contribution in [3.63, 3.8) is 0 Å². The van der Waals surface area contributed by atoms with Crippen molar-refractivity contribution in [3.8, 4) is 6.07 Å². The summed E-state index contributed by atoms with van der Waals surface area (Å²) in [6.45, 7) is 4.66. The summed E-state index contributed by atoms with van der Waals surface area (Å²) in [5.41, 5.74) is 0.163. The smallest absolute Gasteiger partial charge is 0.244 e. The van der Waals surface area contributed by atoms with Gasteiger partial charge in [0.05, 0.1) is 10.5 Å². The number of sulfonamides is 1. The summed E-state index contributed by atoms with van der Waals surface area (Å²) < 4.78 is 27.4. The molecule has 0 unspecified atom stereocenters. The zero-order valence-corrected chi connectivity index (χ0v) is 18.2. The molecule has 0 spiro atoms. The highest BCUT2D eigenvalue weighted by molar-refractivity contribution is 7.89. The molecule has 0 atom stereocenters. The quantitative estimate of drug-likeness (QED) is 0.730. The number of piperidine rings is 2. The molecule has 0 aromatic heterocycles. The van der Waals surface area contributed by atoms with Crippen molar-refractivity contribution in [2.75, 3.05) is 39.3 Å². The Labute approximate surface area is 179 Å². The van der Waals surface area contributed by atoms with E-state index in [-0.39, 0.29) is 22.3 Å². The van der Waals surface area contributed by atoms with Crippen LogP contribution in [0.4, 0.5) is 0 Å². The van der Waals surface area contributed by atoms with Gasteiger partial charge in [0.25, 0.3) is 0 Å². The van der Waals surface area contributed by atoms with Crippen molar-refractivity contribution in [2.45, 2.75) is 49.5 Å². The molecule has 0 aliphatic carbocycles. The molecule has 3 heterocycles. The van der Waals surface area contributed by atoms with Gasteiger partial charge in [0.1, 0.15) is 6.07 Å². The summed E-state index contributed by atoms with van der Waals surface area (Å²) in [5, 5.41) is 9.24. The molecule has 1 amide bonds. The second kappa shape index (κ2) is 9.04. The molecule has 0 N–H and O–H groups in total. The van der Waals surface area contributed by atoms with Crippen LogP contribution in [0.25, 0.3) is 0 Å². The minimum Gasteiger partial charge on any atom is -0.342 e. The van der Waals surface area contributed by atoms with Crippen LogP contribution in [0, 0.1) is 17.2 Å². The van der Waals surface area contributed by atoms with E-state index in [9.17, 15) is 18.5 Å². The van der Waals surface area contributed by atoms with Crippen LogP contribution < -0.4 is 0 Å². The fraction of sp³-hybridized carbons (Fsp3) is 0.636. The lowest BCUT2D eigenvalue weighted by Gasteiger charge is -2.39. The summed E-state index contributed by atoms with van der Waals surface area (Å²) in [6.07, 6.45) is 5.75.